The van der Waals surface area contributed by atoms with Gasteiger partial charge in [-0.3, -0.25) is 0 Å². The number of hydrogen-bond acceptors (Lipinski definition) is 2. The summed E-state index contributed by atoms with van der Waals surface area (Å²) < 4.78 is 13.1. The van der Waals surface area contributed by atoms with Gasteiger partial charge in [-0.1, -0.05) is 6.07 Å². The fourth-order valence-corrected chi connectivity index (χ4v) is 3.15. The van der Waals surface area contributed by atoms with Gasteiger partial charge < -0.3 is 5.73 Å². The first kappa shape index (κ1) is 12.3. The summed E-state index contributed by atoms with van der Waals surface area (Å²) in [5.41, 5.74) is 9.38. The number of aryl methyl sites for hydroxylation is 3. The van der Waals surface area contributed by atoms with Gasteiger partial charge in [-0.25, -0.2) is 4.39 Å². The topological polar surface area (TPSA) is 26.0 Å². The Hall–Kier alpha value is -1.19. The zero-order valence-corrected chi connectivity index (χ0v) is 11.1. The van der Waals surface area contributed by atoms with Gasteiger partial charge in [0.25, 0.3) is 0 Å². The van der Waals surface area contributed by atoms with E-state index < -0.39 is 0 Å². The molecule has 2 rings (SSSR count). The van der Waals surface area contributed by atoms with Crippen LogP contribution in [0.15, 0.2) is 24.3 Å². The smallest absolute Gasteiger partial charge is 0.123 e. The van der Waals surface area contributed by atoms with Gasteiger partial charge in [0.2, 0.25) is 0 Å². The number of nitrogens with two attached hydrogens (primary N) is 1. The molecular formula is C14H16FNS. The lowest BCUT2D eigenvalue weighted by molar-refractivity contribution is 0.625. The molecule has 0 aliphatic carbocycles. The fraction of sp³-hybridized carbons (Fsp3) is 0.286. The van der Waals surface area contributed by atoms with Crippen molar-refractivity contribution in [2.45, 2.75) is 26.8 Å². The van der Waals surface area contributed by atoms with Crippen molar-refractivity contribution in [1.82, 2.24) is 0 Å². The van der Waals surface area contributed by atoms with Crippen molar-refractivity contribution in [3.8, 4) is 0 Å². The van der Waals surface area contributed by atoms with Crippen LogP contribution in [0.1, 0.15) is 32.5 Å². The molecule has 1 unspecified atom stereocenters. The van der Waals surface area contributed by atoms with E-state index in [0.29, 0.717) is 0 Å². The number of benzene rings is 1. The maximum atomic E-state index is 13.1. The van der Waals surface area contributed by atoms with Crippen LogP contribution < -0.4 is 5.73 Å². The first-order chi connectivity index (χ1) is 7.99. The van der Waals surface area contributed by atoms with Gasteiger partial charge in [-0.05, 0) is 55.7 Å². The van der Waals surface area contributed by atoms with Crippen LogP contribution in [0.3, 0.4) is 0 Å². The summed E-state index contributed by atoms with van der Waals surface area (Å²) in [6.07, 6.45) is 0. The second-order valence-corrected chi connectivity index (χ2v) is 5.67. The molecule has 0 bridgehead atoms. The van der Waals surface area contributed by atoms with Crippen LogP contribution in [0.5, 0.6) is 0 Å². The monoisotopic (exact) mass is 249 g/mol. The van der Waals surface area contributed by atoms with Gasteiger partial charge in [0.15, 0.2) is 0 Å². The minimum Gasteiger partial charge on any atom is -0.320 e. The van der Waals surface area contributed by atoms with Crippen molar-refractivity contribution in [2.24, 2.45) is 5.73 Å². The zero-order chi connectivity index (χ0) is 12.6. The number of hydrogen-bond donors (Lipinski definition) is 1. The van der Waals surface area contributed by atoms with Crippen molar-refractivity contribution in [1.29, 1.82) is 0 Å². The summed E-state index contributed by atoms with van der Waals surface area (Å²) in [4.78, 5) is 2.42. The lowest BCUT2D eigenvalue weighted by atomic mass is 9.99. The molecule has 1 nitrogen and oxygen atoms in total. The predicted octanol–water partition coefficient (Wildman–Crippen LogP) is 3.86. The highest BCUT2D eigenvalue weighted by Crippen LogP contribution is 2.31. The molecule has 1 aromatic carbocycles. The molecule has 0 aliphatic rings. The molecule has 0 radical (unpaired) electrons. The molecule has 0 fully saturated rings. The maximum Gasteiger partial charge on any atom is 0.123 e. The Morgan fingerprint density at radius 3 is 2.35 bits per heavy atom. The summed E-state index contributed by atoms with van der Waals surface area (Å²) in [6, 6.07) is 6.76. The first-order valence-corrected chi connectivity index (χ1v) is 6.39. The highest BCUT2D eigenvalue weighted by molar-refractivity contribution is 7.12. The van der Waals surface area contributed by atoms with Crippen LogP contribution in [-0.2, 0) is 0 Å². The second-order valence-electron chi connectivity index (χ2n) is 4.38. The lowest BCUT2D eigenvalue weighted by Crippen LogP contribution is -2.12. The van der Waals surface area contributed by atoms with Crippen molar-refractivity contribution in [2.75, 3.05) is 0 Å². The Bertz CT molecular complexity index is 545. The van der Waals surface area contributed by atoms with Gasteiger partial charge >= 0.3 is 0 Å². The molecule has 0 saturated carbocycles. The molecule has 2 aromatic rings. The first-order valence-electron chi connectivity index (χ1n) is 5.57. The van der Waals surface area contributed by atoms with Crippen molar-refractivity contribution >= 4 is 11.3 Å². The summed E-state index contributed by atoms with van der Waals surface area (Å²) in [7, 11) is 0. The van der Waals surface area contributed by atoms with Crippen LogP contribution in [0.2, 0.25) is 0 Å². The van der Waals surface area contributed by atoms with Gasteiger partial charge in [0.05, 0.1) is 6.04 Å². The van der Waals surface area contributed by atoms with Crippen LogP contribution >= 0.6 is 11.3 Å². The normalized spacial score (nSPS) is 12.8. The number of thiophene rings is 1. The summed E-state index contributed by atoms with van der Waals surface area (Å²) in [6.45, 7) is 6.04. The largest absolute Gasteiger partial charge is 0.320 e. The van der Waals surface area contributed by atoms with E-state index in [4.69, 9.17) is 5.73 Å². The van der Waals surface area contributed by atoms with E-state index in [0.717, 1.165) is 16.0 Å². The van der Waals surface area contributed by atoms with Crippen molar-refractivity contribution in [3.05, 3.63) is 56.5 Å². The number of halogens is 1. The molecule has 0 spiro atoms. The Balaban J connectivity index is 2.43. The van der Waals surface area contributed by atoms with Crippen LogP contribution in [0, 0.1) is 26.6 Å². The Morgan fingerprint density at radius 1 is 1.12 bits per heavy atom. The highest BCUT2D eigenvalue weighted by Gasteiger charge is 2.16. The standard InChI is InChI=1S/C14H16FNS/c1-8-7-11(15)4-5-12(8)13(16)14-9(2)6-10(3)17-14/h4-7,13H,16H2,1-3H3. The van der Waals surface area contributed by atoms with E-state index in [-0.39, 0.29) is 11.9 Å². The Labute approximate surface area is 105 Å². The van der Waals surface area contributed by atoms with Crippen LogP contribution in [-0.4, -0.2) is 0 Å². The van der Waals surface area contributed by atoms with Crippen LogP contribution in [0.4, 0.5) is 4.39 Å². The second kappa shape index (κ2) is 4.59. The quantitative estimate of drug-likeness (QED) is 0.859. The lowest BCUT2D eigenvalue weighted by Gasteiger charge is -2.14. The highest BCUT2D eigenvalue weighted by atomic mass is 32.1. The summed E-state index contributed by atoms with van der Waals surface area (Å²) in [5.74, 6) is -0.211. The maximum absolute atomic E-state index is 13.1. The Kier molecular flexibility index (Phi) is 3.31. The third-order valence-electron chi connectivity index (χ3n) is 2.93. The van der Waals surface area contributed by atoms with E-state index in [2.05, 4.69) is 19.9 Å². The fourth-order valence-electron chi connectivity index (χ4n) is 2.10. The summed E-state index contributed by atoms with van der Waals surface area (Å²) >= 11 is 1.71. The van der Waals surface area contributed by atoms with E-state index in [1.807, 2.05) is 6.92 Å². The van der Waals surface area contributed by atoms with E-state index in [9.17, 15) is 4.39 Å². The molecule has 3 heteroatoms. The van der Waals surface area contributed by atoms with Gasteiger partial charge in [-0.15, -0.1) is 11.3 Å². The molecule has 90 valence electrons. The molecule has 0 saturated heterocycles. The van der Waals surface area contributed by atoms with E-state index in [1.54, 1.807) is 17.4 Å². The predicted molar refractivity (Wildman–Crippen MR) is 71.0 cm³/mol. The van der Waals surface area contributed by atoms with Gasteiger partial charge in [0, 0.05) is 9.75 Å². The van der Waals surface area contributed by atoms with Crippen LogP contribution in [0.25, 0.3) is 0 Å². The van der Waals surface area contributed by atoms with Crippen molar-refractivity contribution in [3.63, 3.8) is 0 Å². The molecular weight excluding hydrogens is 233 g/mol. The minimum absolute atomic E-state index is 0.158. The molecule has 0 aliphatic heterocycles. The average Bonchev–Trinajstić information content (AvgIpc) is 2.57. The number of rotatable bonds is 2. The minimum atomic E-state index is -0.211. The molecule has 17 heavy (non-hydrogen) atoms. The van der Waals surface area contributed by atoms with Gasteiger partial charge in [0.1, 0.15) is 5.82 Å². The zero-order valence-electron chi connectivity index (χ0n) is 10.3. The van der Waals surface area contributed by atoms with Gasteiger partial charge in [-0.2, -0.15) is 0 Å². The molecule has 1 atom stereocenters. The molecule has 0 amide bonds. The molecule has 2 N–H and O–H groups in total. The Morgan fingerprint density at radius 2 is 1.82 bits per heavy atom. The SMILES string of the molecule is Cc1cc(C)c(C(N)c2ccc(F)cc2C)s1. The van der Waals surface area contributed by atoms with Crippen molar-refractivity contribution < 1.29 is 4.39 Å². The van der Waals surface area contributed by atoms with E-state index >= 15 is 0 Å². The average molecular weight is 249 g/mol. The van der Waals surface area contributed by atoms with E-state index in [1.165, 1.54) is 22.6 Å². The molecule has 1 aromatic heterocycles. The molecule has 1 heterocycles. The third kappa shape index (κ3) is 2.40. The third-order valence-corrected chi connectivity index (χ3v) is 4.16. The summed E-state index contributed by atoms with van der Waals surface area (Å²) in [5, 5.41) is 0.